The van der Waals surface area contributed by atoms with Gasteiger partial charge in [0.25, 0.3) is 0 Å². The lowest BCUT2D eigenvalue weighted by Gasteiger charge is -2.06. The highest BCUT2D eigenvalue weighted by Gasteiger charge is 2.07. The van der Waals surface area contributed by atoms with Gasteiger partial charge in [0.1, 0.15) is 0 Å². The Morgan fingerprint density at radius 2 is 1.90 bits per heavy atom. The Labute approximate surface area is 119 Å². The van der Waals surface area contributed by atoms with E-state index in [-0.39, 0.29) is 10.8 Å². The van der Waals surface area contributed by atoms with Gasteiger partial charge in [-0.2, -0.15) is 0 Å². The van der Waals surface area contributed by atoms with Crippen LogP contribution in [-0.4, -0.2) is 20.9 Å². The molecule has 0 fully saturated rings. The van der Waals surface area contributed by atoms with Crippen molar-refractivity contribution in [3.63, 3.8) is 0 Å². The molecule has 0 aliphatic carbocycles. The molecule has 0 aromatic heterocycles. The van der Waals surface area contributed by atoms with Gasteiger partial charge in [0.2, 0.25) is 15.9 Å². The van der Waals surface area contributed by atoms with Crippen LogP contribution in [0.15, 0.2) is 40.8 Å². The number of nitrogens with two attached hydrogens (primary N) is 1. The van der Waals surface area contributed by atoms with Crippen LogP contribution < -0.4 is 10.5 Å². The van der Waals surface area contributed by atoms with Crippen molar-refractivity contribution >= 4 is 15.9 Å². The SMILES string of the molecule is CC/C=C(/C)C(=O)NCCc1ccc(S(N)(=O)=O)cc1. The maximum atomic E-state index is 11.6. The molecule has 0 saturated heterocycles. The molecular weight excluding hydrogens is 276 g/mol. The van der Waals surface area contributed by atoms with Gasteiger partial charge in [0, 0.05) is 12.1 Å². The van der Waals surface area contributed by atoms with E-state index in [9.17, 15) is 13.2 Å². The second kappa shape index (κ2) is 7.21. The van der Waals surface area contributed by atoms with Gasteiger partial charge in [0.15, 0.2) is 0 Å². The predicted molar refractivity (Wildman–Crippen MR) is 78.6 cm³/mol. The van der Waals surface area contributed by atoms with E-state index in [4.69, 9.17) is 5.14 Å². The van der Waals surface area contributed by atoms with Gasteiger partial charge in [0.05, 0.1) is 4.90 Å². The summed E-state index contributed by atoms with van der Waals surface area (Å²) in [6.45, 7) is 4.26. The number of rotatable bonds is 6. The minimum Gasteiger partial charge on any atom is -0.352 e. The molecule has 0 spiro atoms. The van der Waals surface area contributed by atoms with Crippen LogP contribution in [0.4, 0.5) is 0 Å². The van der Waals surface area contributed by atoms with Crippen molar-refractivity contribution in [2.45, 2.75) is 31.6 Å². The normalized spacial score (nSPS) is 12.2. The third-order valence-electron chi connectivity index (χ3n) is 2.82. The number of sulfonamides is 1. The summed E-state index contributed by atoms with van der Waals surface area (Å²) in [6, 6.07) is 6.32. The first-order chi connectivity index (χ1) is 9.34. The number of benzene rings is 1. The van der Waals surface area contributed by atoms with E-state index in [1.54, 1.807) is 19.1 Å². The van der Waals surface area contributed by atoms with Crippen LogP contribution in [0.25, 0.3) is 0 Å². The molecule has 0 aliphatic heterocycles. The van der Waals surface area contributed by atoms with E-state index >= 15 is 0 Å². The topological polar surface area (TPSA) is 89.3 Å². The minimum atomic E-state index is -3.65. The Bertz CT molecular complexity index is 589. The summed E-state index contributed by atoms with van der Waals surface area (Å²) in [6.07, 6.45) is 3.33. The highest BCUT2D eigenvalue weighted by molar-refractivity contribution is 7.89. The van der Waals surface area contributed by atoms with Crippen LogP contribution in [0.5, 0.6) is 0 Å². The van der Waals surface area contributed by atoms with Crippen LogP contribution in [0, 0.1) is 0 Å². The molecule has 0 radical (unpaired) electrons. The lowest BCUT2D eigenvalue weighted by molar-refractivity contribution is -0.117. The van der Waals surface area contributed by atoms with E-state index < -0.39 is 10.0 Å². The van der Waals surface area contributed by atoms with Gasteiger partial charge >= 0.3 is 0 Å². The summed E-state index contributed by atoms with van der Waals surface area (Å²) in [7, 11) is -3.65. The summed E-state index contributed by atoms with van der Waals surface area (Å²) >= 11 is 0. The molecule has 110 valence electrons. The summed E-state index contributed by atoms with van der Waals surface area (Å²) in [4.78, 5) is 11.7. The van der Waals surface area contributed by atoms with Crippen molar-refractivity contribution < 1.29 is 13.2 Å². The number of hydrogen-bond acceptors (Lipinski definition) is 3. The monoisotopic (exact) mass is 296 g/mol. The van der Waals surface area contributed by atoms with Crippen molar-refractivity contribution in [1.82, 2.24) is 5.32 Å². The Hall–Kier alpha value is -1.66. The second-order valence-corrected chi connectivity index (χ2v) is 6.05. The predicted octanol–water partition coefficient (Wildman–Crippen LogP) is 1.35. The zero-order chi connectivity index (χ0) is 15.2. The van der Waals surface area contributed by atoms with Crippen LogP contribution in [0.3, 0.4) is 0 Å². The van der Waals surface area contributed by atoms with Gasteiger partial charge < -0.3 is 5.32 Å². The van der Waals surface area contributed by atoms with Crippen molar-refractivity contribution in [2.24, 2.45) is 5.14 Å². The van der Waals surface area contributed by atoms with E-state index in [1.807, 2.05) is 13.0 Å². The largest absolute Gasteiger partial charge is 0.352 e. The summed E-state index contributed by atoms with van der Waals surface area (Å²) in [5, 5.41) is 7.83. The molecule has 1 amide bonds. The first-order valence-electron chi connectivity index (χ1n) is 6.41. The van der Waals surface area contributed by atoms with Crippen molar-refractivity contribution in [2.75, 3.05) is 6.54 Å². The van der Waals surface area contributed by atoms with Gasteiger partial charge in [-0.25, -0.2) is 13.6 Å². The highest BCUT2D eigenvalue weighted by atomic mass is 32.2. The summed E-state index contributed by atoms with van der Waals surface area (Å²) in [5.74, 6) is -0.0759. The molecule has 5 nitrogen and oxygen atoms in total. The van der Waals surface area contributed by atoms with Gasteiger partial charge in [-0.15, -0.1) is 0 Å². The molecule has 0 saturated carbocycles. The molecule has 1 aromatic rings. The smallest absolute Gasteiger partial charge is 0.246 e. The molecule has 20 heavy (non-hydrogen) atoms. The Morgan fingerprint density at radius 3 is 2.40 bits per heavy atom. The molecular formula is C14H20N2O3S. The molecule has 1 aromatic carbocycles. The fourth-order valence-corrected chi connectivity index (χ4v) is 2.22. The molecule has 0 unspecified atom stereocenters. The van der Waals surface area contributed by atoms with Crippen LogP contribution >= 0.6 is 0 Å². The first-order valence-corrected chi connectivity index (χ1v) is 7.96. The minimum absolute atomic E-state index is 0.0759. The Morgan fingerprint density at radius 1 is 1.30 bits per heavy atom. The average Bonchev–Trinajstić information content (AvgIpc) is 2.38. The number of primary sulfonamides is 1. The molecule has 0 heterocycles. The second-order valence-electron chi connectivity index (χ2n) is 4.49. The highest BCUT2D eigenvalue weighted by Crippen LogP contribution is 2.09. The van der Waals surface area contributed by atoms with Crippen LogP contribution in [0.2, 0.25) is 0 Å². The summed E-state index contributed by atoms with van der Waals surface area (Å²) < 4.78 is 22.2. The third-order valence-corrected chi connectivity index (χ3v) is 3.75. The number of amides is 1. The third kappa shape index (κ3) is 5.14. The van der Waals surface area contributed by atoms with E-state index in [0.29, 0.717) is 18.5 Å². The number of carbonyl (C=O) groups excluding carboxylic acids is 1. The molecule has 0 bridgehead atoms. The lowest BCUT2D eigenvalue weighted by atomic mass is 10.1. The molecule has 0 atom stereocenters. The first kappa shape index (κ1) is 16.4. The summed E-state index contributed by atoms with van der Waals surface area (Å²) in [5.41, 5.74) is 1.65. The molecule has 1 rings (SSSR count). The maximum absolute atomic E-state index is 11.6. The Kier molecular flexibility index (Phi) is 5.91. The number of allylic oxidation sites excluding steroid dienone is 1. The van der Waals surface area contributed by atoms with Crippen LogP contribution in [0.1, 0.15) is 25.8 Å². The Balaban J connectivity index is 2.51. The zero-order valence-electron chi connectivity index (χ0n) is 11.7. The fourth-order valence-electron chi connectivity index (χ4n) is 1.70. The van der Waals surface area contributed by atoms with E-state index in [2.05, 4.69) is 5.32 Å². The molecule has 3 N–H and O–H groups in total. The maximum Gasteiger partial charge on any atom is 0.246 e. The molecule has 0 aliphatic rings. The van der Waals surface area contributed by atoms with Gasteiger partial charge in [-0.1, -0.05) is 25.1 Å². The van der Waals surface area contributed by atoms with Crippen molar-refractivity contribution in [3.8, 4) is 0 Å². The van der Waals surface area contributed by atoms with Crippen molar-refractivity contribution in [1.29, 1.82) is 0 Å². The fraction of sp³-hybridized carbons (Fsp3) is 0.357. The average molecular weight is 296 g/mol. The number of hydrogen-bond donors (Lipinski definition) is 2. The standard InChI is InChI=1S/C14H20N2O3S/c1-3-4-11(2)14(17)16-10-9-12-5-7-13(8-6-12)20(15,18)19/h4-8H,3,9-10H2,1-2H3,(H,16,17)(H2,15,18,19)/b11-4-. The van der Waals surface area contributed by atoms with Crippen molar-refractivity contribution in [3.05, 3.63) is 41.5 Å². The number of nitrogens with one attached hydrogen (secondary N) is 1. The van der Waals surface area contributed by atoms with E-state index in [0.717, 1.165) is 12.0 Å². The van der Waals surface area contributed by atoms with Gasteiger partial charge in [-0.05, 0) is 37.5 Å². The van der Waals surface area contributed by atoms with Gasteiger partial charge in [-0.3, -0.25) is 4.79 Å². The zero-order valence-corrected chi connectivity index (χ0v) is 12.5. The lowest BCUT2D eigenvalue weighted by Crippen LogP contribution is -2.26. The van der Waals surface area contributed by atoms with E-state index in [1.165, 1.54) is 12.1 Å². The molecule has 6 heteroatoms. The quantitative estimate of drug-likeness (QED) is 0.776. The number of carbonyl (C=O) groups is 1. The van der Waals surface area contributed by atoms with Crippen LogP contribution in [-0.2, 0) is 21.2 Å².